The van der Waals surface area contributed by atoms with Crippen LogP contribution in [0.5, 0.6) is 11.5 Å². The van der Waals surface area contributed by atoms with Gasteiger partial charge in [0.15, 0.2) is 11.5 Å². The minimum Gasteiger partial charge on any atom is -0.493 e. The summed E-state index contributed by atoms with van der Waals surface area (Å²) in [7, 11) is 3.35. The molecule has 0 N–H and O–H groups in total. The Bertz CT molecular complexity index is 493. The van der Waals surface area contributed by atoms with Crippen LogP contribution in [0.4, 0.5) is 0 Å². The zero-order valence-electron chi connectivity index (χ0n) is 10.9. The van der Waals surface area contributed by atoms with Crippen molar-refractivity contribution in [2.45, 2.75) is 24.9 Å². The number of ether oxygens (including phenoxy) is 3. The standard InChI is InChI=1S/C15H18O3/c1-16-13-7-11-9-18-10-15(5-3-4-6-15)12(11)8-14(13)17-2/h3,5,7-8H,4,6,9-10H2,1-2H3. The molecule has 96 valence electrons. The fraction of sp³-hybridized carbons (Fsp3) is 0.467. The van der Waals surface area contributed by atoms with E-state index in [1.54, 1.807) is 14.2 Å². The van der Waals surface area contributed by atoms with Crippen LogP contribution in [0.1, 0.15) is 24.0 Å². The SMILES string of the molecule is COc1cc2c(cc1OC)C1(C=CCC1)COC2. The topological polar surface area (TPSA) is 27.7 Å². The monoisotopic (exact) mass is 246 g/mol. The first-order chi connectivity index (χ1) is 8.79. The Hall–Kier alpha value is -1.48. The fourth-order valence-corrected chi connectivity index (χ4v) is 3.00. The van der Waals surface area contributed by atoms with Gasteiger partial charge < -0.3 is 14.2 Å². The van der Waals surface area contributed by atoms with Gasteiger partial charge in [-0.05, 0) is 36.1 Å². The molecule has 0 saturated carbocycles. The number of fused-ring (bicyclic) bond motifs is 2. The maximum Gasteiger partial charge on any atom is 0.161 e. The van der Waals surface area contributed by atoms with Crippen molar-refractivity contribution < 1.29 is 14.2 Å². The van der Waals surface area contributed by atoms with Crippen molar-refractivity contribution in [3.63, 3.8) is 0 Å². The molecule has 1 aliphatic heterocycles. The lowest BCUT2D eigenvalue weighted by atomic mass is 9.77. The zero-order valence-corrected chi connectivity index (χ0v) is 10.9. The maximum atomic E-state index is 5.76. The highest BCUT2D eigenvalue weighted by Crippen LogP contribution is 2.44. The van der Waals surface area contributed by atoms with Gasteiger partial charge in [0.2, 0.25) is 0 Å². The molecule has 0 bridgehead atoms. The summed E-state index contributed by atoms with van der Waals surface area (Å²) in [4.78, 5) is 0. The predicted octanol–water partition coefficient (Wildman–Crippen LogP) is 2.82. The molecule has 3 nitrogen and oxygen atoms in total. The van der Waals surface area contributed by atoms with E-state index in [0.29, 0.717) is 6.61 Å². The first-order valence-electron chi connectivity index (χ1n) is 6.30. The van der Waals surface area contributed by atoms with E-state index in [2.05, 4.69) is 18.2 Å². The van der Waals surface area contributed by atoms with Crippen LogP contribution in [0.2, 0.25) is 0 Å². The quantitative estimate of drug-likeness (QED) is 0.751. The molecule has 0 aromatic heterocycles. The van der Waals surface area contributed by atoms with Gasteiger partial charge in [0.1, 0.15) is 0 Å². The highest BCUT2D eigenvalue weighted by Gasteiger charge is 2.37. The van der Waals surface area contributed by atoms with E-state index in [1.165, 1.54) is 11.1 Å². The van der Waals surface area contributed by atoms with Crippen LogP contribution in [-0.2, 0) is 16.8 Å². The van der Waals surface area contributed by atoms with Crippen molar-refractivity contribution in [2.24, 2.45) is 0 Å². The molecule has 1 unspecified atom stereocenters. The van der Waals surface area contributed by atoms with Crippen LogP contribution < -0.4 is 9.47 Å². The van der Waals surface area contributed by atoms with E-state index >= 15 is 0 Å². The Labute approximate surface area is 107 Å². The summed E-state index contributed by atoms with van der Waals surface area (Å²) in [6.45, 7) is 1.43. The molecule has 3 heteroatoms. The minimum atomic E-state index is 0.0487. The second kappa shape index (κ2) is 4.32. The molecule has 18 heavy (non-hydrogen) atoms. The molecule has 0 fully saturated rings. The highest BCUT2D eigenvalue weighted by atomic mass is 16.5. The molecule has 0 radical (unpaired) electrons. The summed E-state index contributed by atoms with van der Waals surface area (Å²) in [5.74, 6) is 1.58. The molecule has 1 aromatic rings. The number of allylic oxidation sites excluding steroid dienone is 1. The average molecular weight is 246 g/mol. The van der Waals surface area contributed by atoms with Crippen LogP contribution >= 0.6 is 0 Å². The van der Waals surface area contributed by atoms with E-state index in [4.69, 9.17) is 14.2 Å². The van der Waals surface area contributed by atoms with Gasteiger partial charge in [0, 0.05) is 5.41 Å². The lowest BCUT2D eigenvalue weighted by Crippen LogP contribution is -2.33. The van der Waals surface area contributed by atoms with Crippen molar-refractivity contribution >= 4 is 0 Å². The number of benzene rings is 1. The highest BCUT2D eigenvalue weighted by molar-refractivity contribution is 5.52. The molecule has 0 amide bonds. The lowest BCUT2D eigenvalue weighted by molar-refractivity contribution is 0.0672. The van der Waals surface area contributed by atoms with Crippen molar-refractivity contribution in [1.29, 1.82) is 0 Å². The van der Waals surface area contributed by atoms with Crippen molar-refractivity contribution in [1.82, 2.24) is 0 Å². The molecule has 1 atom stereocenters. The molecule has 0 saturated heterocycles. The maximum absolute atomic E-state index is 5.76. The Balaban J connectivity index is 2.14. The Morgan fingerprint density at radius 1 is 1.17 bits per heavy atom. The van der Waals surface area contributed by atoms with E-state index in [9.17, 15) is 0 Å². The van der Waals surface area contributed by atoms with Crippen molar-refractivity contribution in [3.05, 3.63) is 35.4 Å². The van der Waals surface area contributed by atoms with E-state index in [1.807, 2.05) is 6.07 Å². The van der Waals surface area contributed by atoms with Gasteiger partial charge in [0.25, 0.3) is 0 Å². The lowest BCUT2D eigenvalue weighted by Gasteiger charge is -2.35. The summed E-state index contributed by atoms with van der Waals surface area (Å²) >= 11 is 0. The van der Waals surface area contributed by atoms with Crippen LogP contribution in [0, 0.1) is 0 Å². The third-order valence-electron chi connectivity index (χ3n) is 3.96. The van der Waals surface area contributed by atoms with Gasteiger partial charge in [0.05, 0.1) is 27.4 Å². The normalized spacial score (nSPS) is 25.2. The van der Waals surface area contributed by atoms with Gasteiger partial charge in [-0.2, -0.15) is 0 Å². The molecule has 2 aliphatic rings. The van der Waals surface area contributed by atoms with Gasteiger partial charge in [-0.25, -0.2) is 0 Å². The number of hydrogen-bond acceptors (Lipinski definition) is 3. The molecule has 1 aliphatic carbocycles. The Morgan fingerprint density at radius 2 is 1.94 bits per heavy atom. The average Bonchev–Trinajstić information content (AvgIpc) is 2.87. The molecular weight excluding hydrogens is 228 g/mol. The molecule has 1 heterocycles. The summed E-state index contributed by atoms with van der Waals surface area (Å²) < 4.78 is 16.5. The Morgan fingerprint density at radius 3 is 2.61 bits per heavy atom. The minimum absolute atomic E-state index is 0.0487. The zero-order chi connectivity index (χ0) is 12.6. The van der Waals surface area contributed by atoms with Crippen molar-refractivity contribution in [2.75, 3.05) is 20.8 Å². The second-order valence-electron chi connectivity index (χ2n) is 4.95. The molecule has 1 aromatic carbocycles. The van der Waals surface area contributed by atoms with E-state index < -0.39 is 0 Å². The Kier molecular flexibility index (Phi) is 2.78. The van der Waals surface area contributed by atoms with E-state index in [-0.39, 0.29) is 5.41 Å². The van der Waals surface area contributed by atoms with Crippen LogP contribution in [0.25, 0.3) is 0 Å². The number of rotatable bonds is 2. The molecular formula is C15H18O3. The summed E-state index contributed by atoms with van der Waals surface area (Å²) in [5, 5.41) is 0. The summed E-state index contributed by atoms with van der Waals surface area (Å²) in [6.07, 6.45) is 6.78. The van der Waals surface area contributed by atoms with Crippen LogP contribution in [-0.4, -0.2) is 20.8 Å². The molecule has 3 rings (SSSR count). The summed E-state index contributed by atoms with van der Waals surface area (Å²) in [5.41, 5.74) is 2.60. The van der Waals surface area contributed by atoms with Gasteiger partial charge in [-0.15, -0.1) is 0 Å². The van der Waals surface area contributed by atoms with E-state index in [0.717, 1.165) is 30.9 Å². The van der Waals surface area contributed by atoms with Gasteiger partial charge >= 0.3 is 0 Å². The van der Waals surface area contributed by atoms with Crippen LogP contribution in [0.15, 0.2) is 24.3 Å². The first kappa shape index (κ1) is 11.6. The molecule has 1 spiro atoms. The smallest absolute Gasteiger partial charge is 0.161 e. The predicted molar refractivity (Wildman–Crippen MR) is 69.3 cm³/mol. The third-order valence-corrected chi connectivity index (χ3v) is 3.96. The summed E-state index contributed by atoms with van der Waals surface area (Å²) in [6, 6.07) is 4.16. The van der Waals surface area contributed by atoms with Gasteiger partial charge in [-0.3, -0.25) is 0 Å². The largest absolute Gasteiger partial charge is 0.493 e. The third kappa shape index (κ3) is 1.62. The van der Waals surface area contributed by atoms with Crippen LogP contribution in [0.3, 0.4) is 0 Å². The second-order valence-corrected chi connectivity index (χ2v) is 4.95. The first-order valence-corrected chi connectivity index (χ1v) is 6.30. The van der Waals surface area contributed by atoms with Crippen molar-refractivity contribution in [3.8, 4) is 11.5 Å². The number of hydrogen-bond donors (Lipinski definition) is 0. The van der Waals surface area contributed by atoms with Gasteiger partial charge in [-0.1, -0.05) is 12.2 Å². The fourth-order valence-electron chi connectivity index (χ4n) is 3.00. The number of methoxy groups -OCH3 is 2.